The van der Waals surface area contributed by atoms with Gasteiger partial charge >= 0.3 is 0 Å². The first kappa shape index (κ1) is 14.5. The zero-order chi connectivity index (χ0) is 14.6. The van der Waals surface area contributed by atoms with Crippen molar-refractivity contribution in [1.82, 2.24) is 4.98 Å². The highest BCUT2D eigenvalue weighted by Crippen LogP contribution is 2.20. The predicted octanol–water partition coefficient (Wildman–Crippen LogP) is 3.05. The molecule has 5 heteroatoms. The Morgan fingerprint density at radius 3 is 2.25 bits per heavy atom. The molecule has 0 aliphatic heterocycles. The molecule has 0 saturated carbocycles. The molecule has 0 bridgehead atoms. The van der Waals surface area contributed by atoms with Crippen molar-refractivity contribution in [3.8, 4) is 0 Å². The second-order valence-electron chi connectivity index (χ2n) is 4.57. The molecule has 0 fully saturated rings. The average Bonchev–Trinajstić information content (AvgIpc) is 2.48. The lowest BCUT2D eigenvalue weighted by atomic mass is 10.1. The molecule has 2 rings (SSSR count). The number of pyridine rings is 1. The third-order valence-electron chi connectivity index (χ3n) is 3.18. The van der Waals surface area contributed by atoms with Gasteiger partial charge in [-0.3, -0.25) is 4.98 Å². The smallest absolute Gasteiger partial charge is 0.178 e. The number of sulfone groups is 1. The van der Waals surface area contributed by atoms with Crippen LogP contribution in [0.4, 0.5) is 5.69 Å². The highest BCUT2D eigenvalue weighted by Gasteiger charge is 2.11. The molecular formula is C15H18N2O2S. The summed E-state index contributed by atoms with van der Waals surface area (Å²) in [5, 5.41) is 3.33. The van der Waals surface area contributed by atoms with Gasteiger partial charge in [-0.1, -0.05) is 6.92 Å². The van der Waals surface area contributed by atoms with E-state index in [2.05, 4.69) is 10.3 Å². The molecule has 0 saturated heterocycles. The Bertz CT molecular complexity index is 652. The van der Waals surface area contributed by atoms with Crippen LogP contribution in [0.5, 0.6) is 0 Å². The van der Waals surface area contributed by atoms with Gasteiger partial charge < -0.3 is 5.32 Å². The first-order valence-electron chi connectivity index (χ1n) is 6.52. The van der Waals surface area contributed by atoms with Crippen molar-refractivity contribution in [3.63, 3.8) is 0 Å². The summed E-state index contributed by atoms with van der Waals surface area (Å²) in [6, 6.07) is 10.9. The maximum absolute atomic E-state index is 11.7. The molecule has 2 aromatic rings. The lowest BCUT2D eigenvalue weighted by molar-refractivity contribution is 0.597. The lowest BCUT2D eigenvalue weighted by Crippen LogP contribution is -2.07. The fourth-order valence-electron chi connectivity index (χ4n) is 1.91. The van der Waals surface area contributed by atoms with Gasteiger partial charge in [0, 0.05) is 24.1 Å². The first-order valence-corrected chi connectivity index (χ1v) is 8.17. The Kier molecular flexibility index (Phi) is 4.39. The number of benzene rings is 1. The molecule has 1 heterocycles. The zero-order valence-electron chi connectivity index (χ0n) is 11.6. The van der Waals surface area contributed by atoms with Crippen molar-refractivity contribution in [2.45, 2.75) is 24.8 Å². The Balaban J connectivity index is 2.12. The number of nitrogens with zero attached hydrogens (tertiary/aromatic N) is 1. The van der Waals surface area contributed by atoms with E-state index in [1.807, 2.05) is 19.1 Å². The fraction of sp³-hybridized carbons (Fsp3) is 0.267. The molecule has 1 aromatic heterocycles. The number of rotatable bonds is 5. The van der Waals surface area contributed by atoms with E-state index in [1.165, 1.54) is 0 Å². The van der Waals surface area contributed by atoms with Crippen LogP contribution >= 0.6 is 0 Å². The summed E-state index contributed by atoms with van der Waals surface area (Å²) in [6.45, 7) is 3.69. The molecule has 20 heavy (non-hydrogen) atoms. The van der Waals surface area contributed by atoms with Gasteiger partial charge in [0.1, 0.15) is 0 Å². The van der Waals surface area contributed by atoms with E-state index in [4.69, 9.17) is 0 Å². The zero-order valence-corrected chi connectivity index (χ0v) is 12.4. The molecule has 4 nitrogen and oxygen atoms in total. The Morgan fingerprint density at radius 2 is 1.70 bits per heavy atom. The summed E-state index contributed by atoms with van der Waals surface area (Å²) >= 11 is 0. The number of hydrogen-bond acceptors (Lipinski definition) is 4. The first-order chi connectivity index (χ1) is 9.53. The molecule has 1 N–H and O–H groups in total. The molecule has 0 unspecified atom stereocenters. The largest absolute Gasteiger partial charge is 0.379 e. The van der Waals surface area contributed by atoms with Crippen LogP contribution in [-0.2, 0) is 9.84 Å². The molecule has 106 valence electrons. The van der Waals surface area contributed by atoms with Crippen LogP contribution in [0.15, 0.2) is 53.7 Å². The van der Waals surface area contributed by atoms with Crippen molar-refractivity contribution < 1.29 is 8.42 Å². The summed E-state index contributed by atoms with van der Waals surface area (Å²) in [4.78, 5) is 4.35. The number of anilines is 1. The third kappa shape index (κ3) is 3.36. The normalized spacial score (nSPS) is 12.9. The SMILES string of the molecule is CCS(=O)(=O)c1ccc(N[C@H](C)c2ccncc2)cc1. The van der Waals surface area contributed by atoms with Crippen LogP contribution in [0.3, 0.4) is 0 Å². The monoisotopic (exact) mass is 290 g/mol. The summed E-state index contributed by atoms with van der Waals surface area (Å²) in [7, 11) is -3.13. The van der Waals surface area contributed by atoms with Crippen molar-refractivity contribution >= 4 is 15.5 Å². The molecule has 0 radical (unpaired) electrons. The second-order valence-corrected chi connectivity index (χ2v) is 6.85. The minimum absolute atomic E-state index is 0.118. The van der Waals surface area contributed by atoms with Crippen LogP contribution < -0.4 is 5.32 Å². The second kappa shape index (κ2) is 6.05. The topological polar surface area (TPSA) is 59.1 Å². The summed E-state index contributed by atoms with van der Waals surface area (Å²) in [6.07, 6.45) is 3.51. The molecule has 0 aliphatic carbocycles. The number of hydrogen-bond donors (Lipinski definition) is 1. The van der Waals surface area contributed by atoms with E-state index in [-0.39, 0.29) is 11.8 Å². The van der Waals surface area contributed by atoms with E-state index < -0.39 is 9.84 Å². The standard InChI is InChI=1S/C15H18N2O2S/c1-3-20(18,19)15-6-4-14(5-7-15)17-12(2)13-8-10-16-11-9-13/h4-12,17H,3H2,1-2H3/t12-/m1/s1. The van der Waals surface area contributed by atoms with Gasteiger partial charge in [-0.15, -0.1) is 0 Å². The van der Waals surface area contributed by atoms with Gasteiger partial charge in [-0.2, -0.15) is 0 Å². The minimum atomic E-state index is -3.13. The van der Waals surface area contributed by atoms with E-state index in [0.29, 0.717) is 4.90 Å². The Morgan fingerprint density at radius 1 is 1.10 bits per heavy atom. The van der Waals surface area contributed by atoms with E-state index in [1.54, 1.807) is 43.6 Å². The summed E-state index contributed by atoms with van der Waals surface area (Å²) in [5.74, 6) is 0.118. The van der Waals surface area contributed by atoms with Crippen LogP contribution in [0.1, 0.15) is 25.5 Å². The van der Waals surface area contributed by atoms with E-state index in [0.717, 1.165) is 11.3 Å². The quantitative estimate of drug-likeness (QED) is 0.919. The fourth-order valence-corrected chi connectivity index (χ4v) is 2.79. The van der Waals surface area contributed by atoms with Crippen LogP contribution in [0.2, 0.25) is 0 Å². The van der Waals surface area contributed by atoms with Gasteiger partial charge in [-0.05, 0) is 48.9 Å². The van der Waals surface area contributed by atoms with Crippen molar-refractivity contribution in [1.29, 1.82) is 0 Å². The lowest BCUT2D eigenvalue weighted by Gasteiger charge is -2.15. The average molecular weight is 290 g/mol. The van der Waals surface area contributed by atoms with Crippen LogP contribution in [0, 0.1) is 0 Å². The van der Waals surface area contributed by atoms with Crippen molar-refractivity contribution in [2.75, 3.05) is 11.1 Å². The maximum Gasteiger partial charge on any atom is 0.178 e. The predicted molar refractivity (Wildman–Crippen MR) is 80.4 cm³/mol. The summed E-state index contributed by atoms with van der Waals surface area (Å²) in [5.41, 5.74) is 2.02. The summed E-state index contributed by atoms with van der Waals surface area (Å²) < 4.78 is 23.5. The third-order valence-corrected chi connectivity index (χ3v) is 4.93. The van der Waals surface area contributed by atoms with Gasteiger partial charge in [0.15, 0.2) is 9.84 Å². The van der Waals surface area contributed by atoms with Crippen LogP contribution in [-0.4, -0.2) is 19.2 Å². The van der Waals surface area contributed by atoms with E-state index in [9.17, 15) is 8.42 Å². The molecule has 0 spiro atoms. The van der Waals surface area contributed by atoms with Gasteiger partial charge in [-0.25, -0.2) is 8.42 Å². The van der Waals surface area contributed by atoms with Gasteiger partial charge in [0.05, 0.1) is 10.6 Å². The highest BCUT2D eigenvalue weighted by molar-refractivity contribution is 7.91. The molecule has 0 aliphatic rings. The Hall–Kier alpha value is -1.88. The van der Waals surface area contributed by atoms with Crippen LogP contribution in [0.25, 0.3) is 0 Å². The number of aromatic nitrogens is 1. The van der Waals surface area contributed by atoms with Crippen molar-refractivity contribution in [3.05, 3.63) is 54.4 Å². The molecule has 1 atom stereocenters. The molecule has 0 amide bonds. The maximum atomic E-state index is 11.7. The van der Waals surface area contributed by atoms with E-state index >= 15 is 0 Å². The number of nitrogens with one attached hydrogen (secondary N) is 1. The van der Waals surface area contributed by atoms with Gasteiger partial charge in [0.2, 0.25) is 0 Å². The van der Waals surface area contributed by atoms with Gasteiger partial charge in [0.25, 0.3) is 0 Å². The minimum Gasteiger partial charge on any atom is -0.379 e. The molecule has 1 aromatic carbocycles. The highest BCUT2D eigenvalue weighted by atomic mass is 32.2. The Labute approximate surface area is 119 Å². The molecular weight excluding hydrogens is 272 g/mol. The van der Waals surface area contributed by atoms with Crippen molar-refractivity contribution in [2.24, 2.45) is 0 Å².